The first-order valence-electron chi connectivity index (χ1n) is 9.38. The molecule has 0 amide bonds. The van der Waals surface area contributed by atoms with Crippen LogP contribution in [0.15, 0.2) is 60.7 Å². The van der Waals surface area contributed by atoms with E-state index in [9.17, 15) is 0 Å². The van der Waals surface area contributed by atoms with E-state index in [1.807, 2.05) is 18.2 Å². The Morgan fingerprint density at radius 1 is 0.929 bits per heavy atom. The zero-order valence-electron chi connectivity index (χ0n) is 17.1. The van der Waals surface area contributed by atoms with Gasteiger partial charge in [0.15, 0.2) is 0 Å². The Balaban J connectivity index is 0.000000423. The summed E-state index contributed by atoms with van der Waals surface area (Å²) in [6, 6.07) is 18.1. The maximum absolute atomic E-state index is 3.30. The zero-order valence-corrected chi connectivity index (χ0v) is 21.1. The summed E-state index contributed by atoms with van der Waals surface area (Å²) in [6.07, 6.45) is 11.0. The van der Waals surface area contributed by atoms with Crippen LogP contribution in [0, 0.1) is 24.0 Å². The van der Waals surface area contributed by atoms with Crippen molar-refractivity contribution in [2.45, 2.75) is 40.5 Å². The topological polar surface area (TPSA) is 0 Å². The van der Waals surface area contributed by atoms with E-state index in [1.54, 1.807) is 27.4 Å². The van der Waals surface area contributed by atoms with E-state index >= 15 is 0 Å². The van der Waals surface area contributed by atoms with E-state index in [4.69, 9.17) is 0 Å². The third kappa shape index (κ3) is 8.32. The fourth-order valence-corrected chi connectivity index (χ4v) is 3.00. The Bertz CT molecular complexity index is 725. The zero-order chi connectivity index (χ0) is 18.9. The quantitative estimate of drug-likeness (QED) is 0.456. The molecule has 0 saturated carbocycles. The number of benzene rings is 2. The van der Waals surface area contributed by atoms with Crippen molar-refractivity contribution in [3.05, 3.63) is 84.0 Å². The van der Waals surface area contributed by atoms with Crippen molar-refractivity contribution in [3.8, 4) is 11.1 Å². The van der Waals surface area contributed by atoms with Gasteiger partial charge in [-0.05, 0) is 6.42 Å². The third-order valence-electron chi connectivity index (χ3n) is 4.45. The monoisotopic (exact) mass is 488 g/mol. The average Bonchev–Trinajstić information content (AvgIpc) is 3.32. The second-order valence-electron chi connectivity index (χ2n) is 7.16. The van der Waals surface area contributed by atoms with Gasteiger partial charge in [-0.1, -0.05) is 35.4 Å². The van der Waals surface area contributed by atoms with Crippen molar-refractivity contribution in [2.24, 2.45) is 11.8 Å². The van der Waals surface area contributed by atoms with Gasteiger partial charge in [-0.25, -0.2) is 12.2 Å². The van der Waals surface area contributed by atoms with Crippen molar-refractivity contribution in [3.63, 3.8) is 0 Å². The predicted octanol–water partition coefficient (Wildman–Crippen LogP) is 0.389. The Hall–Kier alpha value is -0.747. The molecule has 2 aromatic rings. The van der Waals surface area contributed by atoms with Crippen molar-refractivity contribution in [2.75, 3.05) is 0 Å². The molecule has 3 heteroatoms. The molecule has 0 heterocycles. The number of hydrogen-bond donors (Lipinski definition) is 0. The smallest absolute Gasteiger partial charge is 0.0253 e. The van der Waals surface area contributed by atoms with Gasteiger partial charge in [0.05, 0.1) is 0 Å². The van der Waals surface area contributed by atoms with Crippen molar-refractivity contribution in [1.82, 2.24) is 0 Å². The summed E-state index contributed by atoms with van der Waals surface area (Å²) in [4.78, 5) is 0. The molecule has 0 aromatic heterocycles. The van der Waals surface area contributed by atoms with Crippen LogP contribution >= 0.6 is 0 Å². The molecule has 148 valence electrons. The van der Waals surface area contributed by atoms with Gasteiger partial charge in [-0.3, -0.25) is 6.08 Å². The van der Waals surface area contributed by atoms with Gasteiger partial charge in [-0.2, -0.15) is 35.9 Å². The number of hydrogen-bond acceptors (Lipinski definition) is 0. The summed E-state index contributed by atoms with van der Waals surface area (Å²) >= 11 is 1.61. The molecule has 2 aliphatic carbocycles. The van der Waals surface area contributed by atoms with Crippen molar-refractivity contribution in [1.29, 1.82) is 0 Å². The summed E-state index contributed by atoms with van der Waals surface area (Å²) in [7, 11) is 0. The fraction of sp³-hybridized carbons (Fsp3) is 0.320. The first-order chi connectivity index (χ1) is 12.5. The molecule has 0 fully saturated rings. The minimum Gasteiger partial charge on any atom is -1.00 e. The second-order valence-corrected chi connectivity index (χ2v) is 8.58. The molecule has 0 spiro atoms. The molecule has 0 nitrogen and oxygen atoms in total. The van der Waals surface area contributed by atoms with Crippen LogP contribution in [-0.2, 0) is 30.7 Å². The van der Waals surface area contributed by atoms with Crippen LogP contribution in [0.1, 0.15) is 45.2 Å². The van der Waals surface area contributed by atoms with Crippen LogP contribution in [-0.4, -0.2) is 3.21 Å². The van der Waals surface area contributed by atoms with Gasteiger partial charge in [0.2, 0.25) is 0 Å². The molecule has 0 bridgehead atoms. The maximum atomic E-state index is 3.30. The number of allylic oxidation sites excluding steroid dienone is 4. The normalized spacial score (nSPS) is 12.0. The van der Waals surface area contributed by atoms with E-state index in [0.717, 1.165) is 24.7 Å². The molecule has 0 N–H and O–H groups in total. The van der Waals surface area contributed by atoms with Gasteiger partial charge in [0.25, 0.3) is 0 Å². The van der Waals surface area contributed by atoms with E-state index in [-0.39, 0.29) is 24.8 Å². The Labute approximate surface area is 198 Å². The van der Waals surface area contributed by atoms with Gasteiger partial charge >= 0.3 is 67.0 Å². The van der Waals surface area contributed by atoms with Crippen LogP contribution in [0.5, 0.6) is 0 Å². The van der Waals surface area contributed by atoms with Crippen molar-refractivity contribution >= 4 is 3.21 Å². The molecule has 0 aliphatic heterocycles. The molecule has 0 saturated heterocycles. The average molecular weight is 491 g/mol. The van der Waals surface area contributed by atoms with Crippen LogP contribution in [0.2, 0.25) is 0 Å². The van der Waals surface area contributed by atoms with Gasteiger partial charge in [0.1, 0.15) is 0 Å². The predicted molar refractivity (Wildman–Crippen MR) is 110 cm³/mol. The summed E-state index contributed by atoms with van der Waals surface area (Å²) in [5.41, 5.74) is 5.51. The SMILES string of the molecule is CC(C)[C](=[Zr+2])C(C)C.[C-]1=CC=CC1.[Cl-].[Cl-].[c-]1cccc2c1Cc1ccccc1-2. The molecular weight excluding hydrogens is 462 g/mol. The fourth-order valence-electron chi connectivity index (χ4n) is 3.00. The van der Waals surface area contributed by atoms with E-state index in [0.29, 0.717) is 0 Å². The minimum atomic E-state index is 0. The van der Waals surface area contributed by atoms with Crippen LogP contribution in [0.3, 0.4) is 0 Å². The summed E-state index contributed by atoms with van der Waals surface area (Å²) in [6.45, 7) is 9.07. The first-order valence-corrected chi connectivity index (χ1v) is 10.6. The largest absolute Gasteiger partial charge is 1.00 e. The third-order valence-corrected chi connectivity index (χ3v) is 7.28. The van der Waals surface area contributed by atoms with E-state index in [2.05, 4.69) is 82.3 Å². The van der Waals surface area contributed by atoms with Crippen LogP contribution in [0.25, 0.3) is 11.1 Å². The standard InChI is InChI=1S/C13H9.C7H14.C5H5.2ClH.Zr/c1-3-7-12-10(5-1)9-11-6-2-4-8-13(11)12;1-6(2)5-7(3)4;1-2-4-5-3-1;;;/h1-5,7-8H,9H2;6-7H,1-4H3;1-3H,4H2;2*1H;/q-1;;-1;;;+2/p-2. The second kappa shape index (κ2) is 14.3. The Kier molecular flexibility index (Phi) is 13.9. The minimum absolute atomic E-state index is 0. The number of halogens is 2. The van der Waals surface area contributed by atoms with Crippen LogP contribution in [0.4, 0.5) is 0 Å². The molecule has 2 aliphatic rings. The molecule has 4 rings (SSSR count). The first kappa shape index (κ1) is 27.3. The number of fused-ring (bicyclic) bond motifs is 3. The summed E-state index contributed by atoms with van der Waals surface area (Å²) in [5.74, 6) is 1.60. The van der Waals surface area contributed by atoms with Crippen molar-refractivity contribution < 1.29 is 49.0 Å². The van der Waals surface area contributed by atoms with Crippen LogP contribution < -0.4 is 24.8 Å². The molecule has 28 heavy (non-hydrogen) atoms. The number of rotatable bonds is 2. The molecule has 0 unspecified atom stereocenters. The molecule has 2 aromatic carbocycles. The summed E-state index contributed by atoms with van der Waals surface area (Å²) < 4.78 is 1.69. The van der Waals surface area contributed by atoms with E-state index < -0.39 is 0 Å². The Morgan fingerprint density at radius 3 is 2.07 bits per heavy atom. The maximum Gasteiger partial charge on any atom is -0.0253 e. The molecule has 0 radical (unpaired) electrons. The Morgan fingerprint density at radius 2 is 1.57 bits per heavy atom. The van der Waals surface area contributed by atoms with Gasteiger partial charge in [-0.15, -0.1) is 12.0 Å². The van der Waals surface area contributed by atoms with Gasteiger partial charge < -0.3 is 24.8 Å². The van der Waals surface area contributed by atoms with Gasteiger partial charge in [0, 0.05) is 0 Å². The summed E-state index contributed by atoms with van der Waals surface area (Å²) in [5, 5.41) is 0. The van der Waals surface area contributed by atoms with E-state index in [1.165, 1.54) is 22.3 Å². The molecule has 0 atom stereocenters. The molecular formula is C25H28Cl2Zr-2.